The van der Waals surface area contributed by atoms with Crippen LogP contribution in [0.2, 0.25) is 0 Å². The number of carbonyl (C=O) groups excluding carboxylic acids is 2. The largest absolute Gasteiger partial charge is 0.488 e. The topological polar surface area (TPSA) is 92.0 Å². The number of hydrogen-bond donors (Lipinski definition) is 0. The molecule has 0 radical (unpaired) electrons. The maximum atomic E-state index is 11.8. The van der Waals surface area contributed by atoms with Crippen molar-refractivity contribution >= 4 is 22.9 Å². The van der Waals surface area contributed by atoms with Gasteiger partial charge in [-0.2, -0.15) is 0 Å². The van der Waals surface area contributed by atoms with Gasteiger partial charge in [-0.25, -0.2) is 9.59 Å². The molecule has 0 fully saturated rings. The molecule has 3 aromatic rings. The van der Waals surface area contributed by atoms with Crippen LogP contribution in [0.25, 0.3) is 11.0 Å². The molecule has 1 aromatic heterocycles. The number of carbonyl (C=O) groups is 2. The lowest BCUT2D eigenvalue weighted by Crippen LogP contribution is -2.07. The predicted octanol–water partition coefficient (Wildman–Crippen LogP) is 3.96. The van der Waals surface area contributed by atoms with Crippen molar-refractivity contribution < 1.29 is 28.2 Å². The first-order chi connectivity index (χ1) is 14.9. The molecule has 0 saturated heterocycles. The van der Waals surface area contributed by atoms with Crippen molar-refractivity contribution in [3.63, 3.8) is 0 Å². The van der Waals surface area contributed by atoms with Crippen LogP contribution in [-0.2, 0) is 27.3 Å². The molecule has 162 valence electrons. The summed E-state index contributed by atoms with van der Waals surface area (Å²) < 4.78 is 21.1. The first-order valence-corrected chi connectivity index (χ1v) is 9.94. The summed E-state index contributed by atoms with van der Waals surface area (Å²) in [5.41, 5.74) is 2.87. The van der Waals surface area contributed by atoms with E-state index in [9.17, 15) is 14.4 Å². The van der Waals surface area contributed by atoms with Crippen LogP contribution in [0.4, 0.5) is 0 Å². The van der Waals surface area contributed by atoms with Gasteiger partial charge in [0.05, 0.1) is 19.3 Å². The third-order valence-electron chi connectivity index (χ3n) is 4.81. The standard InChI is InChI=1S/C24H24O7/c1-4-29-22(25)10-9-18-12-19-15(2)11-23(26)31-21(19)13-20(18)30-14-16-5-7-17(8-6-16)24(27)28-3/h5-8,11-13H,4,9-10,14H2,1-3H3. The monoisotopic (exact) mass is 424 g/mol. The highest BCUT2D eigenvalue weighted by atomic mass is 16.5. The third-order valence-corrected chi connectivity index (χ3v) is 4.81. The van der Waals surface area contributed by atoms with E-state index in [0.29, 0.717) is 29.9 Å². The van der Waals surface area contributed by atoms with Crippen molar-refractivity contribution in [2.75, 3.05) is 13.7 Å². The van der Waals surface area contributed by atoms with E-state index in [1.54, 1.807) is 37.3 Å². The summed E-state index contributed by atoms with van der Waals surface area (Å²) in [5, 5.41) is 0.785. The summed E-state index contributed by atoms with van der Waals surface area (Å²) in [5.74, 6) is -0.181. The molecule has 31 heavy (non-hydrogen) atoms. The molecule has 7 heteroatoms. The van der Waals surface area contributed by atoms with Crippen LogP contribution in [0.5, 0.6) is 5.75 Å². The van der Waals surface area contributed by atoms with Gasteiger partial charge in [0, 0.05) is 23.9 Å². The number of benzene rings is 2. The van der Waals surface area contributed by atoms with Gasteiger partial charge in [-0.05, 0) is 55.2 Å². The first-order valence-electron chi connectivity index (χ1n) is 9.94. The van der Waals surface area contributed by atoms with Crippen molar-refractivity contribution in [3.05, 3.63) is 75.1 Å². The Morgan fingerprint density at radius 2 is 1.81 bits per heavy atom. The highest BCUT2D eigenvalue weighted by Gasteiger charge is 2.13. The molecule has 0 aliphatic rings. The predicted molar refractivity (Wildman–Crippen MR) is 114 cm³/mol. The molecule has 0 bridgehead atoms. The van der Waals surface area contributed by atoms with Gasteiger partial charge in [0.1, 0.15) is 17.9 Å². The molecule has 1 heterocycles. The molecule has 0 aliphatic carbocycles. The summed E-state index contributed by atoms with van der Waals surface area (Å²) in [4.78, 5) is 35.2. The lowest BCUT2D eigenvalue weighted by molar-refractivity contribution is -0.143. The molecule has 0 saturated carbocycles. The fourth-order valence-corrected chi connectivity index (χ4v) is 3.21. The second kappa shape index (κ2) is 9.93. The Hall–Kier alpha value is -3.61. The number of esters is 2. The first kappa shape index (κ1) is 22.1. The Kier molecular flexibility index (Phi) is 7.07. The Labute approximate surface area is 179 Å². The number of aryl methyl sites for hydroxylation is 2. The van der Waals surface area contributed by atoms with Crippen LogP contribution < -0.4 is 10.4 Å². The molecule has 0 spiro atoms. The molecule has 0 atom stereocenters. The number of ether oxygens (including phenoxy) is 3. The van der Waals surface area contributed by atoms with E-state index in [2.05, 4.69) is 0 Å². The smallest absolute Gasteiger partial charge is 0.337 e. The van der Waals surface area contributed by atoms with Crippen molar-refractivity contribution in [3.8, 4) is 5.75 Å². The molecule has 0 aliphatic heterocycles. The summed E-state index contributed by atoms with van der Waals surface area (Å²) in [6.45, 7) is 4.15. The second-order valence-corrected chi connectivity index (χ2v) is 6.99. The Morgan fingerprint density at radius 3 is 2.48 bits per heavy atom. The van der Waals surface area contributed by atoms with Crippen LogP contribution >= 0.6 is 0 Å². The minimum absolute atomic E-state index is 0.208. The van der Waals surface area contributed by atoms with Gasteiger partial charge < -0.3 is 18.6 Å². The quantitative estimate of drug-likeness (QED) is 0.399. The van der Waals surface area contributed by atoms with E-state index in [1.165, 1.54) is 13.2 Å². The minimum Gasteiger partial charge on any atom is -0.488 e. The maximum Gasteiger partial charge on any atom is 0.337 e. The molecular formula is C24H24O7. The number of hydrogen-bond acceptors (Lipinski definition) is 7. The highest BCUT2D eigenvalue weighted by Crippen LogP contribution is 2.29. The molecule has 7 nitrogen and oxygen atoms in total. The zero-order valence-electron chi connectivity index (χ0n) is 17.7. The lowest BCUT2D eigenvalue weighted by atomic mass is 10.0. The van der Waals surface area contributed by atoms with Crippen LogP contribution in [0.3, 0.4) is 0 Å². The normalized spacial score (nSPS) is 10.7. The van der Waals surface area contributed by atoms with Crippen LogP contribution in [0.1, 0.15) is 40.4 Å². The Morgan fingerprint density at radius 1 is 1.06 bits per heavy atom. The Bertz CT molecular complexity index is 1140. The fourth-order valence-electron chi connectivity index (χ4n) is 3.21. The van der Waals surface area contributed by atoms with E-state index in [-0.39, 0.29) is 19.0 Å². The highest BCUT2D eigenvalue weighted by molar-refractivity contribution is 5.89. The minimum atomic E-state index is -0.436. The molecule has 3 rings (SSSR count). The average molecular weight is 424 g/mol. The average Bonchev–Trinajstić information content (AvgIpc) is 2.76. The van der Waals surface area contributed by atoms with Gasteiger partial charge in [0.25, 0.3) is 0 Å². The third kappa shape index (κ3) is 5.51. The van der Waals surface area contributed by atoms with Gasteiger partial charge in [0.15, 0.2) is 0 Å². The van der Waals surface area contributed by atoms with E-state index >= 15 is 0 Å². The molecule has 0 N–H and O–H groups in total. The zero-order chi connectivity index (χ0) is 22.4. The maximum absolute atomic E-state index is 11.8. The number of methoxy groups -OCH3 is 1. The van der Waals surface area contributed by atoms with Crippen LogP contribution in [0.15, 0.2) is 51.7 Å². The van der Waals surface area contributed by atoms with E-state index in [1.807, 2.05) is 13.0 Å². The number of fused-ring (bicyclic) bond motifs is 1. The van der Waals surface area contributed by atoms with Gasteiger partial charge >= 0.3 is 17.6 Å². The lowest BCUT2D eigenvalue weighted by Gasteiger charge is -2.14. The fraction of sp³-hybridized carbons (Fsp3) is 0.292. The number of rotatable bonds is 8. The molecule has 2 aromatic carbocycles. The van der Waals surface area contributed by atoms with Crippen molar-refractivity contribution in [1.82, 2.24) is 0 Å². The summed E-state index contributed by atoms with van der Waals surface area (Å²) in [7, 11) is 1.33. The molecule has 0 amide bonds. The van der Waals surface area contributed by atoms with E-state index < -0.39 is 11.6 Å². The van der Waals surface area contributed by atoms with E-state index in [0.717, 1.165) is 22.1 Å². The SMILES string of the molecule is CCOC(=O)CCc1cc2c(C)cc(=O)oc2cc1OCc1ccc(C(=O)OC)cc1. The summed E-state index contributed by atoms with van der Waals surface area (Å²) >= 11 is 0. The summed E-state index contributed by atoms with van der Waals surface area (Å²) in [6.07, 6.45) is 0.628. The van der Waals surface area contributed by atoms with Crippen molar-refractivity contribution in [1.29, 1.82) is 0 Å². The van der Waals surface area contributed by atoms with Gasteiger partial charge in [-0.3, -0.25) is 4.79 Å². The summed E-state index contributed by atoms with van der Waals surface area (Å²) in [6, 6.07) is 11.9. The van der Waals surface area contributed by atoms with E-state index in [4.69, 9.17) is 18.6 Å². The van der Waals surface area contributed by atoms with Gasteiger partial charge in [-0.1, -0.05) is 12.1 Å². The molecule has 0 unspecified atom stereocenters. The van der Waals surface area contributed by atoms with Gasteiger partial charge in [-0.15, -0.1) is 0 Å². The molecular weight excluding hydrogens is 400 g/mol. The Balaban J connectivity index is 1.87. The van der Waals surface area contributed by atoms with Crippen molar-refractivity contribution in [2.24, 2.45) is 0 Å². The van der Waals surface area contributed by atoms with Gasteiger partial charge in [0.2, 0.25) is 0 Å². The van der Waals surface area contributed by atoms with Crippen molar-refractivity contribution in [2.45, 2.75) is 33.3 Å². The zero-order valence-corrected chi connectivity index (χ0v) is 17.7. The van der Waals surface area contributed by atoms with Crippen LogP contribution in [0, 0.1) is 6.92 Å². The van der Waals surface area contributed by atoms with Crippen LogP contribution in [-0.4, -0.2) is 25.7 Å². The second-order valence-electron chi connectivity index (χ2n) is 6.99.